The molecule has 0 amide bonds. The Morgan fingerprint density at radius 1 is 0.923 bits per heavy atom. The highest BCUT2D eigenvalue weighted by Gasteiger charge is 2.08. The van der Waals surface area contributed by atoms with Gasteiger partial charge in [0.15, 0.2) is 0 Å². The van der Waals surface area contributed by atoms with E-state index in [2.05, 4.69) is 83.8 Å². The zero-order chi connectivity index (χ0) is 18.5. The van der Waals surface area contributed by atoms with E-state index in [4.69, 9.17) is 0 Å². The molecule has 4 heteroatoms. The minimum atomic E-state index is 0.433. The Hall–Kier alpha value is -2.88. The highest BCUT2D eigenvalue weighted by Crippen LogP contribution is 2.26. The third kappa shape index (κ3) is 4.60. The predicted octanol–water partition coefficient (Wildman–Crippen LogP) is 5.57. The molecule has 0 unspecified atom stereocenters. The quantitative estimate of drug-likeness (QED) is 0.612. The second-order valence-electron chi connectivity index (χ2n) is 6.93. The van der Waals surface area contributed by atoms with Gasteiger partial charge in [0.25, 0.3) is 0 Å². The first-order chi connectivity index (χ1) is 12.5. The first-order valence-corrected chi connectivity index (χ1v) is 9.02. The molecule has 0 saturated carbocycles. The molecule has 0 aliphatic heterocycles. The number of rotatable bonds is 6. The zero-order valence-corrected chi connectivity index (χ0v) is 15.9. The number of hydrogen-bond acceptors (Lipinski definition) is 4. The summed E-state index contributed by atoms with van der Waals surface area (Å²) >= 11 is 0. The molecule has 0 aliphatic carbocycles. The number of aryl methyl sites for hydroxylation is 2. The van der Waals surface area contributed by atoms with Crippen molar-refractivity contribution in [3.63, 3.8) is 0 Å². The lowest BCUT2D eigenvalue weighted by Crippen LogP contribution is -2.06. The van der Waals surface area contributed by atoms with Gasteiger partial charge in [-0.15, -0.1) is 0 Å². The minimum absolute atomic E-state index is 0.433. The molecule has 2 N–H and O–H groups in total. The van der Waals surface area contributed by atoms with Crippen molar-refractivity contribution in [2.45, 2.75) is 40.2 Å². The second kappa shape index (κ2) is 8.00. The van der Waals surface area contributed by atoms with Gasteiger partial charge in [0.05, 0.1) is 0 Å². The van der Waals surface area contributed by atoms with Crippen LogP contribution in [0.3, 0.4) is 0 Å². The first kappa shape index (κ1) is 17.9. The fourth-order valence-electron chi connectivity index (χ4n) is 2.96. The third-order valence-corrected chi connectivity index (χ3v) is 4.24. The van der Waals surface area contributed by atoms with Crippen LogP contribution < -0.4 is 10.6 Å². The van der Waals surface area contributed by atoms with Crippen molar-refractivity contribution in [1.82, 2.24) is 9.97 Å². The zero-order valence-electron chi connectivity index (χ0n) is 15.9. The van der Waals surface area contributed by atoms with Crippen molar-refractivity contribution in [2.24, 2.45) is 0 Å². The van der Waals surface area contributed by atoms with Crippen LogP contribution >= 0.6 is 0 Å². The third-order valence-electron chi connectivity index (χ3n) is 4.24. The molecular weight excluding hydrogens is 320 g/mol. The topological polar surface area (TPSA) is 49.8 Å². The summed E-state index contributed by atoms with van der Waals surface area (Å²) in [7, 11) is 0. The molecule has 1 aromatic heterocycles. The lowest BCUT2D eigenvalue weighted by Gasteiger charge is -2.15. The molecule has 4 nitrogen and oxygen atoms in total. The second-order valence-corrected chi connectivity index (χ2v) is 6.93. The highest BCUT2D eigenvalue weighted by atomic mass is 15.1. The van der Waals surface area contributed by atoms with Crippen LogP contribution in [-0.4, -0.2) is 9.97 Å². The van der Waals surface area contributed by atoms with E-state index in [1.54, 1.807) is 0 Å². The standard InChI is InChI=1S/C22H26N4/c1-15(2)19-10-5-6-11-20(19)25-22-24-17(4)13-21(26-22)23-14-18-9-7-8-16(3)12-18/h5-13,15H,14H2,1-4H3,(H2,23,24,25,26). The van der Waals surface area contributed by atoms with E-state index < -0.39 is 0 Å². The van der Waals surface area contributed by atoms with Gasteiger partial charge in [0.2, 0.25) is 5.95 Å². The van der Waals surface area contributed by atoms with Gasteiger partial charge in [-0.05, 0) is 37.0 Å². The predicted molar refractivity (Wildman–Crippen MR) is 109 cm³/mol. The summed E-state index contributed by atoms with van der Waals surface area (Å²) in [5.74, 6) is 1.87. The van der Waals surface area contributed by atoms with E-state index in [0.717, 1.165) is 23.7 Å². The molecule has 0 atom stereocenters. The van der Waals surface area contributed by atoms with Gasteiger partial charge in [0, 0.05) is 24.0 Å². The highest BCUT2D eigenvalue weighted by molar-refractivity contribution is 5.60. The number of nitrogens with zero attached hydrogens (tertiary/aromatic N) is 2. The summed E-state index contributed by atoms with van der Waals surface area (Å²) < 4.78 is 0. The lowest BCUT2D eigenvalue weighted by molar-refractivity contribution is 0.868. The van der Waals surface area contributed by atoms with Crippen LogP contribution in [0.1, 0.15) is 42.1 Å². The number of hydrogen-bond donors (Lipinski definition) is 2. The molecule has 134 valence electrons. The summed E-state index contributed by atoms with van der Waals surface area (Å²) in [6.45, 7) is 9.20. The molecule has 0 spiro atoms. The monoisotopic (exact) mass is 346 g/mol. The molecule has 0 fully saturated rings. The molecule has 1 heterocycles. The molecule has 0 aliphatic rings. The van der Waals surface area contributed by atoms with Gasteiger partial charge in [0.1, 0.15) is 5.82 Å². The van der Waals surface area contributed by atoms with E-state index in [1.165, 1.54) is 16.7 Å². The Kier molecular flexibility index (Phi) is 5.52. The summed E-state index contributed by atoms with van der Waals surface area (Å²) in [5.41, 5.74) is 5.73. The van der Waals surface area contributed by atoms with Crippen LogP contribution in [-0.2, 0) is 6.54 Å². The number of nitrogens with one attached hydrogen (secondary N) is 2. The first-order valence-electron chi connectivity index (χ1n) is 9.02. The smallest absolute Gasteiger partial charge is 0.229 e. The van der Waals surface area contributed by atoms with Gasteiger partial charge in [-0.2, -0.15) is 4.98 Å². The van der Waals surface area contributed by atoms with Crippen molar-refractivity contribution in [3.05, 3.63) is 77.0 Å². The van der Waals surface area contributed by atoms with E-state index in [1.807, 2.05) is 19.1 Å². The summed E-state index contributed by atoms with van der Waals surface area (Å²) in [6.07, 6.45) is 0. The van der Waals surface area contributed by atoms with Crippen LogP contribution in [0.4, 0.5) is 17.5 Å². The Morgan fingerprint density at radius 3 is 2.50 bits per heavy atom. The minimum Gasteiger partial charge on any atom is -0.366 e. The molecule has 0 saturated heterocycles. The molecule has 0 bridgehead atoms. The van der Waals surface area contributed by atoms with Crippen LogP contribution in [0.5, 0.6) is 0 Å². The maximum absolute atomic E-state index is 4.63. The van der Waals surface area contributed by atoms with Crippen LogP contribution in [0.15, 0.2) is 54.6 Å². The van der Waals surface area contributed by atoms with Gasteiger partial charge in [-0.25, -0.2) is 4.98 Å². The molecule has 0 radical (unpaired) electrons. The van der Waals surface area contributed by atoms with Crippen molar-refractivity contribution < 1.29 is 0 Å². The van der Waals surface area contributed by atoms with Crippen LogP contribution in [0.25, 0.3) is 0 Å². The largest absolute Gasteiger partial charge is 0.366 e. The average molecular weight is 346 g/mol. The maximum atomic E-state index is 4.63. The van der Waals surface area contributed by atoms with Crippen molar-refractivity contribution in [3.8, 4) is 0 Å². The molecule has 3 aromatic rings. The van der Waals surface area contributed by atoms with Gasteiger partial charge in [-0.1, -0.05) is 61.9 Å². The Morgan fingerprint density at radius 2 is 1.73 bits per heavy atom. The van der Waals surface area contributed by atoms with E-state index in [9.17, 15) is 0 Å². The van der Waals surface area contributed by atoms with Crippen molar-refractivity contribution in [2.75, 3.05) is 10.6 Å². The lowest BCUT2D eigenvalue weighted by atomic mass is 10.0. The average Bonchev–Trinajstić information content (AvgIpc) is 2.60. The Labute approximate surface area is 155 Å². The van der Waals surface area contributed by atoms with Gasteiger partial charge < -0.3 is 10.6 Å². The van der Waals surface area contributed by atoms with Crippen molar-refractivity contribution >= 4 is 17.5 Å². The summed E-state index contributed by atoms with van der Waals surface area (Å²) in [6, 6.07) is 18.7. The van der Waals surface area contributed by atoms with E-state index in [-0.39, 0.29) is 0 Å². The Balaban J connectivity index is 1.78. The fraction of sp³-hybridized carbons (Fsp3) is 0.273. The Bertz CT molecular complexity index is 887. The summed E-state index contributed by atoms with van der Waals surface area (Å²) in [4.78, 5) is 9.17. The van der Waals surface area contributed by atoms with Crippen molar-refractivity contribution in [1.29, 1.82) is 0 Å². The number of anilines is 3. The molecule has 3 rings (SSSR count). The van der Waals surface area contributed by atoms with E-state index in [0.29, 0.717) is 11.9 Å². The van der Waals surface area contributed by atoms with Gasteiger partial charge >= 0.3 is 0 Å². The van der Waals surface area contributed by atoms with Gasteiger partial charge in [-0.3, -0.25) is 0 Å². The SMILES string of the molecule is Cc1cccc(CNc2cc(C)nc(Nc3ccccc3C(C)C)n2)c1. The summed E-state index contributed by atoms with van der Waals surface area (Å²) in [5, 5.41) is 6.78. The molecule has 26 heavy (non-hydrogen) atoms. The maximum Gasteiger partial charge on any atom is 0.229 e. The number of aromatic nitrogens is 2. The van der Waals surface area contributed by atoms with Crippen LogP contribution in [0.2, 0.25) is 0 Å². The molecular formula is C22H26N4. The molecule has 2 aromatic carbocycles. The van der Waals surface area contributed by atoms with Crippen LogP contribution in [0, 0.1) is 13.8 Å². The normalized spacial score (nSPS) is 10.8. The number of benzene rings is 2. The fourth-order valence-corrected chi connectivity index (χ4v) is 2.96. The number of para-hydroxylation sites is 1. The van der Waals surface area contributed by atoms with E-state index >= 15 is 0 Å².